The lowest BCUT2D eigenvalue weighted by Crippen LogP contribution is -2.21. The monoisotopic (exact) mass is 407 g/mol. The molecule has 0 aliphatic carbocycles. The van der Waals surface area contributed by atoms with Crippen LogP contribution in [-0.4, -0.2) is 24.6 Å². The predicted octanol–water partition coefficient (Wildman–Crippen LogP) is 4.25. The van der Waals surface area contributed by atoms with Crippen LogP contribution in [-0.2, 0) is 9.59 Å². The number of para-hydroxylation sites is 1. The first kappa shape index (κ1) is 21.0. The van der Waals surface area contributed by atoms with Crippen LogP contribution >= 0.6 is 0 Å². The van der Waals surface area contributed by atoms with E-state index in [1.54, 1.807) is 6.07 Å². The lowest BCUT2D eigenvalue weighted by atomic mass is 10.0. The molecule has 0 unspecified atom stereocenters. The zero-order chi connectivity index (χ0) is 21.3. The second-order valence-corrected chi connectivity index (χ2v) is 6.45. The van der Waals surface area contributed by atoms with Crippen molar-refractivity contribution in [2.45, 2.75) is 19.8 Å². The Morgan fingerprint density at radius 3 is 2.53 bits per heavy atom. The molecule has 3 rings (SSSR count). The lowest BCUT2D eigenvalue weighted by Gasteiger charge is -2.10. The fourth-order valence-electron chi connectivity index (χ4n) is 2.92. The van der Waals surface area contributed by atoms with E-state index in [1.807, 2.05) is 43.3 Å². The minimum absolute atomic E-state index is 0.0779. The van der Waals surface area contributed by atoms with Crippen molar-refractivity contribution in [2.24, 2.45) is 5.10 Å². The Kier molecular flexibility index (Phi) is 7.10. The molecule has 154 valence electrons. The van der Waals surface area contributed by atoms with Crippen LogP contribution < -0.4 is 15.5 Å². The van der Waals surface area contributed by atoms with Gasteiger partial charge in [0.15, 0.2) is 0 Å². The normalized spacial score (nSPS) is 10.9. The highest BCUT2D eigenvalue weighted by Crippen LogP contribution is 2.26. The maximum Gasteiger partial charge on any atom is 0.240 e. The minimum Gasteiger partial charge on any atom is -0.493 e. The van der Waals surface area contributed by atoms with Gasteiger partial charge in [0.2, 0.25) is 11.8 Å². The van der Waals surface area contributed by atoms with Crippen molar-refractivity contribution >= 4 is 34.5 Å². The van der Waals surface area contributed by atoms with E-state index in [9.17, 15) is 14.0 Å². The number of carbonyl (C=O) groups excluding carboxylic acids is 2. The highest BCUT2D eigenvalue weighted by molar-refractivity contribution is 6.02. The summed E-state index contributed by atoms with van der Waals surface area (Å²) in [4.78, 5) is 23.9. The molecule has 6 nitrogen and oxygen atoms in total. The topological polar surface area (TPSA) is 79.8 Å². The summed E-state index contributed by atoms with van der Waals surface area (Å²) in [6.07, 6.45) is 1.37. The number of carbonyl (C=O) groups is 2. The Labute approximate surface area is 173 Å². The molecular weight excluding hydrogens is 385 g/mol. The van der Waals surface area contributed by atoms with E-state index in [4.69, 9.17) is 4.74 Å². The van der Waals surface area contributed by atoms with Gasteiger partial charge in [0.25, 0.3) is 0 Å². The Hall–Kier alpha value is -3.74. The van der Waals surface area contributed by atoms with Crippen molar-refractivity contribution in [3.8, 4) is 5.75 Å². The van der Waals surface area contributed by atoms with E-state index < -0.39 is 17.6 Å². The largest absolute Gasteiger partial charge is 0.493 e. The number of hydrogen-bond acceptors (Lipinski definition) is 4. The lowest BCUT2D eigenvalue weighted by molar-refractivity contribution is -0.124. The third kappa shape index (κ3) is 5.41. The van der Waals surface area contributed by atoms with Crippen molar-refractivity contribution in [3.63, 3.8) is 0 Å². The van der Waals surface area contributed by atoms with Gasteiger partial charge in [-0.05, 0) is 35.9 Å². The van der Waals surface area contributed by atoms with Crippen molar-refractivity contribution in [3.05, 3.63) is 72.0 Å². The summed E-state index contributed by atoms with van der Waals surface area (Å²) >= 11 is 0. The molecule has 2 amide bonds. The van der Waals surface area contributed by atoms with Crippen LogP contribution in [0.25, 0.3) is 10.8 Å². The third-order valence-corrected chi connectivity index (χ3v) is 4.34. The highest BCUT2D eigenvalue weighted by atomic mass is 19.1. The molecule has 3 aromatic rings. The quantitative estimate of drug-likeness (QED) is 0.433. The molecule has 0 aliphatic heterocycles. The van der Waals surface area contributed by atoms with E-state index in [1.165, 1.54) is 24.4 Å². The molecule has 0 saturated heterocycles. The van der Waals surface area contributed by atoms with E-state index >= 15 is 0 Å². The van der Waals surface area contributed by atoms with Gasteiger partial charge in [-0.25, -0.2) is 9.82 Å². The van der Waals surface area contributed by atoms with E-state index in [2.05, 4.69) is 15.8 Å². The van der Waals surface area contributed by atoms with Crippen LogP contribution in [0, 0.1) is 5.82 Å². The number of hydrazone groups is 1. The molecule has 7 heteroatoms. The highest BCUT2D eigenvalue weighted by Gasteiger charge is 2.10. The number of anilines is 1. The summed E-state index contributed by atoms with van der Waals surface area (Å²) in [5.74, 6) is -0.737. The number of amides is 2. The van der Waals surface area contributed by atoms with Crippen LogP contribution in [0.4, 0.5) is 10.1 Å². The molecule has 3 aromatic carbocycles. The van der Waals surface area contributed by atoms with Gasteiger partial charge in [0.1, 0.15) is 11.6 Å². The maximum atomic E-state index is 13.6. The number of nitrogens with one attached hydrogen (secondary N) is 2. The van der Waals surface area contributed by atoms with Crippen LogP contribution in [0.2, 0.25) is 0 Å². The number of hydrogen-bond donors (Lipinski definition) is 2. The molecule has 0 fully saturated rings. The zero-order valence-corrected chi connectivity index (χ0v) is 16.5. The summed E-state index contributed by atoms with van der Waals surface area (Å²) in [5.41, 5.74) is 3.26. The smallest absolute Gasteiger partial charge is 0.240 e. The molecule has 30 heavy (non-hydrogen) atoms. The van der Waals surface area contributed by atoms with Crippen molar-refractivity contribution in [1.29, 1.82) is 0 Å². The Bertz CT molecular complexity index is 1080. The fraction of sp³-hybridized carbons (Fsp3) is 0.174. The van der Waals surface area contributed by atoms with Crippen LogP contribution in [0.15, 0.2) is 65.8 Å². The van der Waals surface area contributed by atoms with Crippen molar-refractivity contribution in [2.75, 3.05) is 11.9 Å². The SMILES string of the molecule is CCOc1ccc2ccccc2c1C=NNC(=O)CCC(=O)Nc1ccccc1F. The van der Waals surface area contributed by atoms with E-state index in [0.29, 0.717) is 12.4 Å². The number of nitrogens with zero attached hydrogens (tertiary/aromatic N) is 1. The Morgan fingerprint density at radius 2 is 1.73 bits per heavy atom. The Balaban J connectivity index is 1.59. The number of rotatable bonds is 8. The van der Waals surface area contributed by atoms with Gasteiger partial charge in [-0.15, -0.1) is 0 Å². The van der Waals surface area contributed by atoms with Gasteiger partial charge >= 0.3 is 0 Å². The van der Waals surface area contributed by atoms with Gasteiger partial charge in [0, 0.05) is 18.4 Å². The van der Waals surface area contributed by atoms with Gasteiger partial charge in [-0.3, -0.25) is 9.59 Å². The molecule has 0 saturated carbocycles. The standard InChI is InChI=1S/C23H22FN3O3/c1-2-30-21-12-11-16-7-3-4-8-17(16)18(21)15-25-27-23(29)14-13-22(28)26-20-10-6-5-9-19(20)24/h3-12,15H,2,13-14H2,1H3,(H,26,28)(H,27,29). The minimum atomic E-state index is -0.528. The summed E-state index contributed by atoms with van der Waals surface area (Å²) < 4.78 is 19.2. The first-order chi connectivity index (χ1) is 14.6. The van der Waals surface area contributed by atoms with Gasteiger partial charge in [-0.2, -0.15) is 5.10 Å². The average Bonchev–Trinajstić information content (AvgIpc) is 2.75. The molecule has 0 spiro atoms. The molecule has 2 N–H and O–H groups in total. The second-order valence-electron chi connectivity index (χ2n) is 6.45. The van der Waals surface area contributed by atoms with E-state index in [-0.39, 0.29) is 18.5 Å². The van der Waals surface area contributed by atoms with Crippen LogP contribution in [0.3, 0.4) is 0 Å². The zero-order valence-electron chi connectivity index (χ0n) is 16.5. The molecule has 0 bridgehead atoms. The van der Waals surface area contributed by atoms with Crippen molar-refractivity contribution < 1.29 is 18.7 Å². The number of benzene rings is 3. The molecule has 0 aliphatic rings. The summed E-state index contributed by atoms with van der Waals surface area (Å²) in [5, 5.41) is 8.43. The number of halogens is 1. The van der Waals surface area contributed by atoms with Crippen molar-refractivity contribution in [1.82, 2.24) is 5.43 Å². The summed E-state index contributed by atoms with van der Waals surface area (Å²) in [6.45, 7) is 2.40. The average molecular weight is 407 g/mol. The number of ether oxygens (including phenoxy) is 1. The third-order valence-electron chi connectivity index (χ3n) is 4.34. The summed E-state index contributed by atoms with van der Waals surface area (Å²) in [6, 6.07) is 17.5. The maximum absolute atomic E-state index is 13.6. The second kappa shape index (κ2) is 10.2. The van der Waals surface area contributed by atoms with Gasteiger partial charge < -0.3 is 10.1 Å². The first-order valence-corrected chi connectivity index (χ1v) is 9.59. The van der Waals surface area contributed by atoms with Crippen LogP contribution in [0.1, 0.15) is 25.3 Å². The molecule has 0 aromatic heterocycles. The molecule has 0 heterocycles. The first-order valence-electron chi connectivity index (χ1n) is 9.59. The van der Waals surface area contributed by atoms with Gasteiger partial charge in [0.05, 0.1) is 18.5 Å². The fourth-order valence-corrected chi connectivity index (χ4v) is 2.92. The summed E-state index contributed by atoms with van der Waals surface area (Å²) in [7, 11) is 0. The van der Waals surface area contributed by atoms with E-state index in [0.717, 1.165) is 16.3 Å². The molecule has 0 atom stereocenters. The Morgan fingerprint density at radius 1 is 1.00 bits per heavy atom. The molecular formula is C23H22FN3O3. The number of fused-ring (bicyclic) bond motifs is 1. The predicted molar refractivity (Wildman–Crippen MR) is 115 cm³/mol. The molecule has 0 radical (unpaired) electrons. The van der Waals surface area contributed by atoms with Crippen LogP contribution in [0.5, 0.6) is 5.75 Å². The van der Waals surface area contributed by atoms with Gasteiger partial charge in [-0.1, -0.05) is 42.5 Å².